The predicted molar refractivity (Wildman–Crippen MR) is 57.9 cm³/mol. The summed E-state index contributed by atoms with van der Waals surface area (Å²) in [6.45, 7) is 7.46. The molecule has 3 N–H and O–H groups in total. The van der Waals surface area contributed by atoms with Gasteiger partial charge in [-0.1, -0.05) is 13.3 Å². The molecule has 0 aromatic rings. The summed E-state index contributed by atoms with van der Waals surface area (Å²) in [5.74, 6) is 4.88. The molecule has 0 heterocycles. The molecule has 0 rings (SSSR count). The molecule has 0 bridgehead atoms. The molecule has 4 heteroatoms. The predicted octanol–water partition coefficient (Wildman–Crippen LogP) is 1.06. The van der Waals surface area contributed by atoms with Gasteiger partial charge in [-0.2, -0.15) is 0 Å². The van der Waals surface area contributed by atoms with Crippen LogP contribution in [0.15, 0.2) is 0 Å². The van der Waals surface area contributed by atoms with Crippen molar-refractivity contribution >= 4 is 0 Å². The number of hydrogen-bond donors (Lipinski definition) is 2. The summed E-state index contributed by atoms with van der Waals surface area (Å²) in [6.07, 6.45) is 3.77. The van der Waals surface area contributed by atoms with Gasteiger partial charge >= 0.3 is 0 Å². The molecule has 0 amide bonds. The summed E-state index contributed by atoms with van der Waals surface area (Å²) in [7, 11) is 0. The van der Waals surface area contributed by atoms with Gasteiger partial charge in [0.15, 0.2) is 0 Å². The Bertz CT molecular complexity index is 112. The van der Waals surface area contributed by atoms with E-state index in [1.165, 1.54) is 6.42 Å². The second kappa shape index (κ2) is 10.9. The van der Waals surface area contributed by atoms with Gasteiger partial charge < -0.3 is 14.9 Å². The Morgan fingerprint density at radius 3 is 2.71 bits per heavy atom. The molecule has 0 fully saturated rings. The molecule has 0 aliphatic rings. The van der Waals surface area contributed by atoms with Gasteiger partial charge in [0.25, 0.3) is 0 Å². The molecule has 0 aromatic heterocycles. The van der Waals surface area contributed by atoms with Crippen LogP contribution in [0.1, 0.15) is 33.1 Å². The second-order valence-electron chi connectivity index (χ2n) is 3.44. The van der Waals surface area contributed by atoms with Gasteiger partial charge in [-0.3, -0.25) is 0 Å². The standard InChI is InChI=1S/C10H24N2O2/c1-3-5-10(2)13-8-4-6-12-7-9-14-11/h10,12H,3-9,11H2,1-2H3. The first-order valence-corrected chi connectivity index (χ1v) is 5.45. The minimum atomic E-state index is 0.396. The fraction of sp³-hybridized carbons (Fsp3) is 1.00. The monoisotopic (exact) mass is 204 g/mol. The van der Waals surface area contributed by atoms with Crippen molar-refractivity contribution in [3.63, 3.8) is 0 Å². The molecule has 1 atom stereocenters. The molecule has 0 aliphatic carbocycles. The lowest BCUT2D eigenvalue weighted by Crippen LogP contribution is -2.23. The Kier molecular flexibility index (Phi) is 10.8. The van der Waals surface area contributed by atoms with Gasteiger partial charge in [0.1, 0.15) is 0 Å². The van der Waals surface area contributed by atoms with Crippen LogP contribution in [0.5, 0.6) is 0 Å². The molecule has 0 radical (unpaired) electrons. The lowest BCUT2D eigenvalue weighted by atomic mass is 10.2. The molecule has 0 aliphatic heterocycles. The lowest BCUT2D eigenvalue weighted by molar-refractivity contribution is 0.0579. The molecule has 4 nitrogen and oxygen atoms in total. The van der Waals surface area contributed by atoms with E-state index in [4.69, 9.17) is 10.6 Å². The van der Waals surface area contributed by atoms with Crippen LogP contribution < -0.4 is 11.2 Å². The first kappa shape index (κ1) is 13.8. The highest BCUT2D eigenvalue weighted by atomic mass is 16.6. The molecule has 86 valence electrons. The number of nitrogens with two attached hydrogens (primary N) is 1. The molecule has 0 spiro atoms. The first-order valence-electron chi connectivity index (χ1n) is 5.45. The Morgan fingerprint density at radius 2 is 2.07 bits per heavy atom. The van der Waals surface area contributed by atoms with E-state index in [0.717, 1.165) is 32.5 Å². The molecule has 1 unspecified atom stereocenters. The summed E-state index contributed by atoms with van der Waals surface area (Å²) >= 11 is 0. The molecule has 0 saturated heterocycles. The highest BCUT2D eigenvalue weighted by molar-refractivity contribution is 4.50. The highest BCUT2D eigenvalue weighted by Crippen LogP contribution is 2.00. The SMILES string of the molecule is CCCC(C)OCCCNCCON. The van der Waals surface area contributed by atoms with E-state index < -0.39 is 0 Å². The van der Waals surface area contributed by atoms with Crippen LogP contribution in [0, 0.1) is 0 Å². The van der Waals surface area contributed by atoms with Crippen molar-refractivity contribution in [2.45, 2.75) is 39.2 Å². The number of rotatable bonds is 10. The van der Waals surface area contributed by atoms with Gasteiger partial charge in [0, 0.05) is 13.2 Å². The highest BCUT2D eigenvalue weighted by Gasteiger charge is 1.98. The quantitative estimate of drug-likeness (QED) is 0.413. The third-order valence-corrected chi connectivity index (χ3v) is 1.99. The van der Waals surface area contributed by atoms with Gasteiger partial charge in [-0.05, 0) is 26.3 Å². The Balaban J connectivity index is 2.98. The number of hydrogen-bond acceptors (Lipinski definition) is 4. The van der Waals surface area contributed by atoms with E-state index in [2.05, 4.69) is 24.0 Å². The maximum atomic E-state index is 5.59. The van der Waals surface area contributed by atoms with Crippen LogP contribution in [0.25, 0.3) is 0 Å². The third kappa shape index (κ3) is 9.92. The maximum Gasteiger partial charge on any atom is 0.0803 e. The Hall–Kier alpha value is -0.160. The van der Waals surface area contributed by atoms with E-state index >= 15 is 0 Å². The van der Waals surface area contributed by atoms with E-state index in [0.29, 0.717) is 12.7 Å². The van der Waals surface area contributed by atoms with Crippen LogP contribution in [0.2, 0.25) is 0 Å². The van der Waals surface area contributed by atoms with Gasteiger partial charge in [-0.15, -0.1) is 0 Å². The summed E-state index contributed by atoms with van der Waals surface area (Å²) in [5, 5.41) is 3.21. The summed E-state index contributed by atoms with van der Waals surface area (Å²) in [6, 6.07) is 0. The smallest absolute Gasteiger partial charge is 0.0803 e. The van der Waals surface area contributed by atoms with Crippen molar-refractivity contribution in [3.8, 4) is 0 Å². The van der Waals surface area contributed by atoms with E-state index in [-0.39, 0.29) is 0 Å². The maximum absolute atomic E-state index is 5.59. The van der Waals surface area contributed by atoms with Crippen LogP contribution in [0.3, 0.4) is 0 Å². The first-order chi connectivity index (χ1) is 6.81. The van der Waals surface area contributed by atoms with Crippen molar-refractivity contribution in [1.82, 2.24) is 5.32 Å². The zero-order valence-corrected chi connectivity index (χ0v) is 9.42. The fourth-order valence-electron chi connectivity index (χ4n) is 1.23. The average Bonchev–Trinajstić information content (AvgIpc) is 2.17. The van der Waals surface area contributed by atoms with Crippen molar-refractivity contribution in [2.75, 3.05) is 26.3 Å². The summed E-state index contributed by atoms with van der Waals surface area (Å²) < 4.78 is 5.59. The Morgan fingerprint density at radius 1 is 1.29 bits per heavy atom. The fourth-order valence-corrected chi connectivity index (χ4v) is 1.23. The molecule has 0 aromatic carbocycles. The van der Waals surface area contributed by atoms with E-state index in [9.17, 15) is 0 Å². The molecule has 14 heavy (non-hydrogen) atoms. The Labute approximate surface area is 87.1 Å². The molecular weight excluding hydrogens is 180 g/mol. The van der Waals surface area contributed by atoms with Crippen LogP contribution in [-0.4, -0.2) is 32.4 Å². The molecule has 0 saturated carbocycles. The van der Waals surface area contributed by atoms with E-state index in [1.807, 2.05) is 0 Å². The van der Waals surface area contributed by atoms with Crippen LogP contribution in [-0.2, 0) is 9.57 Å². The van der Waals surface area contributed by atoms with Crippen molar-refractivity contribution in [3.05, 3.63) is 0 Å². The number of ether oxygens (including phenoxy) is 1. The van der Waals surface area contributed by atoms with E-state index in [1.54, 1.807) is 0 Å². The summed E-state index contributed by atoms with van der Waals surface area (Å²) in [5.41, 5.74) is 0. The minimum Gasteiger partial charge on any atom is -0.378 e. The van der Waals surface area contributed by atoms with Crippen LogP contribution >= 0.6 is 0 Å². The van der Waals surface area contributed by atoms with Crippen molar-refractivity contribution in [1.29, 1.82) is 0 Å². The van der Waals surface area contributed by atoms with Crippen molar-refractivity contribution in [2.24, 2.45) is 5.90 Å². The average molecular weight is 204 g/mol. The largest absolute Gasteiger partial charge is 0.378 e. The topological polar surface area (TPSA) is 56.5 Å². The number of nitrogens with one attached hydrogen (secondary N) is 1. The minimum absolute atomic E-state index is 0.396. The van der Waals surface area contributed by atoms with Gasteiger partial charge in [0.2, 0.25) is 0 Å². The van der Waals surface area contributed by atoms with Crippen molar-refractivity contribution < 1.29 is 9.57 Å². The second-order valence-corrected chi connectivity index (χ2v) is 3.44. The van der Waals surface area contributed by atoms with Gasteiger partial charge in [-0.25, -0.2) is 5.90 Å². The zero-order chi connectivity index (χ0) is 10.6. The van der Waals surface area contributed by atoms with Gasteiger partial charge in [0.05, 0.1) is 12.7 Å². The third-order valence-electron chi connectivity index (χ3n) is 1.99. The molecular formula is C10H24N2O2. The summed E-state index contributed by atoms with van der Waals surface area (Å²) in [4.78, 5) is 4.42. The van der Waals surface area contributed by atoms with Crippen LogP contribution in [0.4, 0.5) is 0 Å². The zero-order valence-electron chi connectivity index (χ0n) is 9.42. The normalized spacial score (nSPS) is 13.1. The lowest BCUT2D eigenvalue weighted by Gasteiger charge is -2.11.